The lowest BCUT2D eigenvalue weighted by molar-refractivity contribution is -0.387. The van der Waals surface area contributed by atoms with Gasteiger partial charge in [-0.15, -0.1) is 0 Å². The van der Waals surface area contributed by atoms with Crippen LogP contribution in [0, 0.1) is 15.9 Å². The van der Waals surface area contributed by atoms with E-state index >= 15 is 0 Å². The molecule has 1 atom stereocenters. The van der Waals surface area contributed by atoms with Gasteiger partial charge in [0.2, 0.25) is 5.82 Å². The van der Waals surface area contributed by atoms with Crippen molar-refractivity contribution < 1.29 is 18.8 Å². The maximum absolute atomic E-state index is 13.0. The zero-order valence-electron chi connectivity index (χ0n) is 9.27. The third kappa shape index (κ3) is 3.22. The minimum absolute atomic E-state index is 0.145. The fraction of sp³-hybridized carbons (Fsp3) is 0.300. The number of benzene rings is 1. The molecule has 17 heavy (non-hydrogen) atoms. The SMILES string of the molecule is COC(C)C(=O)Nc1ccc(F)c([N+](=O)[O-])c1. The predicted octanol–water partition coefficient (Wildman–Crippen LogP) is 1.71. The normalized spacial score (nSPS) is 11.9. The fourth-order valence-electron chi connectivity index (χ4n) is 1.08. The van der Waals surface area contributed by atoms with Gasteiger partial charge in [0, 0.05) is 18.9 Å². The summed E-state index contributed by atoms with van der Waals surface area (Å²) in [6.07, 6.45) is -0.695. The Hall–Kier alpha value is -2.02. The van der Waals surface area contributed by atoms with Crippen molar-refractivity contribution in [1.82, 2.24) is 0 Å². The number of rotatable bonds is 4. The fourth-order valence-corrected chi connectivity index (χ4v) is 1.08. The summed E-state index contributed by atoms with van der Waals surface area (Å²) in [7, 11) is 1.36. The van der Waals surface area contributed by atoms with Crippen molar-refractivity contribution in [2.75, 3.05) is 12.4 Å². The largest absolute Gasteiger partial charge is 0.372 e. The van der Waals surface area contributed by atoms with Gasteiger partial charge in [-0.25, -0.2) is 0 Å². The Morgan fingerprint density at radius 2 is 2.24 bits per heavy atom. The van der Waals surface area contributed by atoms with Crippen LogP contribution in [-0.2, 0) is 9.53 Å². The number of hydrogen-bond acceptors (Lipinski definition) is 4. The molecule has 0 fully saturated rings. The Labute approximate surface area is 96.5 Å². The molecule has 0 aromatic heterocycles. The molecule has 0 spiro atoms. The predicted molar refractivity (Wildman–Crippen MR) is 58.2 cm³/mol. The minimum atomic E-state index is -0.951. The summed E-state index contributed by atoms with van der Waals surface area (Å²) in [5, 5.41) is 12.9. The summed E-state index contributed by atoms with van der Waals surface area (Å²) >= 11 is 0. The van der Waals surface area contributed by atoms with Gasteiger partial charge in [-0.3, -0.25) is 14.9 Å². The Balaban J connectivity index is 2.90. The van der Waals surface area contributed by atoms with Gasteiger partial charge in [0.15, 0.2) is 0 Å². The lowest BCUT2D eigenvalue weighted by atomic mass is 10.2. The molecule has 1 unspecified atom stereocenters. The van der Waals surface area contributed by atoms with Gasteiger partial charge in [-0.1, -0.05) is 0 Å². The van der Waals surface area contributed by atoms with Gasteiger partial charge in [-0.2, -0.15) is 4.39 Å². The quantitative estimate of drug-likeness (QED) is 0.643. The third-order valence-corrected chi connectivity index (χ3v) is 2.13. The lowest BCUT2D eigenvalue weighted by Gasteiger charge is -2.10. The molecule has 7 heteroatoms. The van der Waals surface area contributed by atoms with Gasteiger partial charge in [0.1, 0.15) is 6.10 Å². The van der Waals surface area contributed by atoms with Crippen LogP contribution in [0.2, 0.25) is 0 Å². The van der Waals surface area contributed by atoms with Crippen molar-refractivity contribution in [2.24, 2.45) is 0 Å². The number of hydrogen-bond donors (Lipinski definition) is 1. The number of halogens is 1. The summed E-state index contributed by atoms with van der Waals surface area (Å²) in [5.74, 6) is -1.42. The van der Waals surface area contributed by atoms with E-state index in [-0.39, 0.29) is 5.69 Å². The van der Waals surface area contributed by atoms with Crippen LogP contribution < -0.4 is 5.32 Å². The average molecular weight is 242 g/mol. The molecule has 0 heterocycles. The van der Waals surface area contributed by atoms with Crippen LogP contribution in [0.25, 0.3) is 0 Å². The van der Waals surface area contributed by atoms with E-state index in [2.05, 4.69) is 5.32 Å². The monoisotopic (exact) mass is 242 g/mol. The highest BCUT2D eigenvalue weighted by Crippen LogP contribution is 2.21. The van der Waals surface area contributed by atoms with Crippen LogP contribution in [0.3, 0.4) is 0 Å². The van der Waals surface area contributed by atoms with Crippen LogP contribution in [0.15, 0.2) is 18.2 Å². The van der Waals surface area contributed by atoms with Crippen molar-refractivity contribution in [1.29, 1.82) is 0 Å². The van der Waals surface area contributed by atoms with Crippen molar-refractivity contribution >= 4 is 17.3 Å². The lowest BCUT2D eigenvalue weighted by Crippen LogP contribution is -2.26. The van der Waals surface area contributed by atoms with E-state index in [0.29, 0.717) is 0 Å². The van der Waals surface area contributed by atoms with Crippen molar-refractivity contribution in [2.45, 2.75) is 13.0 Å². The van der Waals surface area contributed by atoms with Crippen LogP contribution in [-0.4, -0.2) is 24.0 Å². The molecule has 6 nitrogen and oxygen atoms in total. The van der Waals surface area contributed by atoms with Crippen LogP contribution in [0.1, 0.15) is 6.92 Å². The Kier molecular flexibility index (Phi) is 4.11. The molecule has 1 aromatic carbocycles. The highest BCUT2D eigenvalue weighted by atomic mass is 19.1. The molecule has 1 aromatic rings. The van der Waals surface area contributed by atoms with E-state index in [0.717, 1.165) is 12.1 Å². The van der Waals surface area contributed by atoms with Crippen LogP contribution in [0.5, 0.6) is 0 Å². The molecule has 1 N–H and O–H groups in total. The molecule has 1 rings (SSSR count). The summed E-state index contributed by atoms with van der Waals surface area (Å²) in [6.45, 7) is 1.52. The molecule has 1 amide bonds. The first-order valence-electron chi connectivity index (χ1n) is 4.73. The zero-order chi connectivity index (χ0) is 13.0. The number of nitrogens with one attached hydrogen (secondary N) is 1. The van der Waals surface area contributed by atoms with Gasteiger partial charge < -0.3 is 10.1 Å². The van der Waals surface area contributed by atoms with Crippen molar-refractivity contribution in [3.05, 3.63) is 34.1 Å². The molecule has 0 aliphatic heterocycles. The van der Waals surface area contributed by atoms with Gasteiger partial charge in [0.05, 0.1) is 4.92 Å². The van der Waals surface area contributed by atoms with E-state index in [1.54, 1.807) is 0 Å². The molecule has 0 bridgehead atoms. The average Bonchev–Trinajstić information content (AvgIpc) is 2.30. The van der Waals surface area contributed by atoms with Gasteiger partial charge >= 0.3 is 5.69 Å². The summed E-state index contributed by atoms with van der Waals surface area (Å²) in [4.78, 5) is 21.0. The smallest absolute Gasteiger partial charge is 0.306 e. The van der Waals surface area contributed by atoms with Crippen molar-refractivity contribution in [3.8, 4) is 0 Å². The molecule has 0 radical (unpaired) electrons. The first-order chi connectivity index (χ1) is 7.95. The molecule has 0 aliphatic carbocycles. The number of anilines is 1. The van der Waals surface area contributed by atoms with E-state index < -0.39 is 28.4 Å². The van der Waals surface area contributed by atoms with E-state index in [1.807, 2.05) is 0 Å². The Bertz CT molecular complexity index is 450. The summed E-state index contributed by atoms with van der Waals surface area (Å²) < 4.78 is 17.8. The maximum atomic E-state index is 13.0. The van der Waals surface area contributed by atoms with Crippen LogP contribution >= 0.6 is 0 Å². The molecule has 0 saturated carbocycles. The number of carbonyl (C=O) groups excluding carboxylic acids is 1. The third-order valence-electron chi connectivity index (χ3n) is 2.13. The molecular weight excluding hydrogens is 231 g/mol. The molecule has 92 valence electrons. The molecular formula is C10H11FN2O4. The summed E-state index contributed by atoms with van der Waals surface area (Å²) in [6, 6.07) is 3.11. The first kappa shape index (κ1) is 13.0. The first-order valence-corrected chi connectivity index (χ1v) is 4.73. The standard InChI is InChI=1S/C10H11FN2O4/c1-6(17-2)10(14)12-7-3-4-8(11)9(5-7)13(15)16/h3-6H,1-2H3,(H,12,14). The Morgan fingerprint density at radius 3 is 2.76 bits per heavy atom. The van der Waals surface area contributed by atoms with E-state index in [1.165, 1.54) is 20.1 Å². The molecule has 0 aliphatic rings. The number of ether oxygens (including phenoxy) is 1. The van der Waals surface area contributed by atoms with Gasteiger partial charge in [0.25, 0.3) is 5.91 Å². The maximum Gasteiger partial charge on any atom is 0.306 e. The van der Waals surface area contributed by atoms with Gasteiger partial charge in [-0.05, 0) is 19.1 Å². The second kappa shape index (κ2) is 5.35. The van der Waals surface area contributed by atoms with E-state index in [9.17, 15) is 19.3 Å². The van der Waals surface area contributed by atoms with Crippen molar-refractivity contribution in [3.63, 3.8) is 0 Å². The Morgan fingerprint density at radius 1 is 1.59 bits per heavy atom. The number of nitrogens with zero attached hydrogens (tertiary/aromatic N) is 1. The second-order valence-corrected chi connectivity index (χ2v) is 3.29. The highest BCUT2D eigenvalue weighted by molar-refractivity contribution is 5.94. The topological polar surface area (TPSA) is 81.5 Å². The second-order valence-electron chi connectivity index (χ2n) is 3.29. The van der Waals surface area contributed by atoms with Crippen LogP contribution in [0.4, 0.5) is 15.8 Å². The number of nitro benzene ring substituents is 1. The number of methoxy groups -OCH3 is 1. The zero-order valence-corrected chi connectivity index (χ0v) is 9.27. The number of amides is 1. The molecule has 0 saturated heterocycles. The highest BCUT2D eigenvalue weighted by Gasteiger charge is 2.17. The number of nitro groups is 1. The summed E-state index contributed by atoms with van der Waals surface area (Å²) in [5.41, 5.74) is -0.542. The minimum Gasteiger partial charge on any atom is -0.372 e. The van der Waals surface area contributed by atoms with E-state index in [4.69, 9.17) is 4.74 Å². The number of carbonyl (C=O) groups is 1.